The molecule has 2 aliphatic rings. The molecule has 2 nitrogen and oxygen atoms in total. The van der Waals surface area contributed by atoms with Crippen LogP contribution in [0.15, 0.2) is 194 Å². The molecule has 1 heterocycles. The molecule has 0 unspecified atom stereocenters. The fourth-order valence-electron chi connectivity index (χ4n) is 10.3. The number of hydrogen-bond acceptors (Lipinski definition) is 2. The number of anilines is 6. The van der Waals surface area contributed by atoms with E-state index in [0.717, 1.165) is 17.1 Å². The summed E-state index contributed by atoms with van der Waals surface area (Å²) in [5, 5.41) is 2.52. The predicted octanol–water partition coefficient (Wildman–Crippen LogP) is 16.7. The van der Waals surface area contributed by atoms with E-state index >= 15 is 0 Å². The molecule has 0 saturated carbocycles. The van der Waals surface area contributed by atoms with E-state index in [9.17, 15) is 0 Å². The van der Waals surface area contributed by atoms with Gasteiger partial charge in [0.05, 0.1) is 11.4 Å². The van der Waals surface area contributed by atoms with E-state index < -0.39 is 0 Å². The molecular formula is C60H50N2. The van der Waals surface area contributed by atoms with Gasteiger partial charge in [-0.25, -0.2) is 0 Å². The summed E-state index contributed by atoms with van der Waals surface area (Å²) >= 11 is 0. The third-order valence-corrected chi connectivity index (χ3v) is 13.9. The fraction of sp³-hybridized carbons (Fsp3) is 0.133. The standard InChI is InChI=1S/C60H50N2/c1-39-32-56-58(33-40(39)2)62(57-23-14-13-22-53(57)59(56,3)4)49-29-26-45-36-52-51-31-30-50(38-55(51)60(5,6)54(52)37-46(45)35-49)61(47-20-11-8-12-21-47)48-27-24-42(25-28-48)44-19-15-18-43(34-44)41-16-9-7-10-17-41/h7-38H,1-6H3. The second-order valence-electron chi connectivity index (χ2n) is 18.4. The Kier molecular flexibility index (Phi) is 8.67. The van der Waals surface area contributed by atoms with E-state index in [1.807, 2.05) is 0 Å². The SMILES string of the molecule is Cc1cc2c(cc1C)C(C)(C)c1ccccc1N2c1ccc2cc3c(cc2c1)C(C)(C)c1cc(N(c2ccccc2)c2ccc(-c4cccc(-c5ccccc5)c4)cc2)ccc1-3. The Morgan fingerprint density at radius 1 is 0.355 bits per heavy atom. The van der Waals surface area contributed by atoms with Crippen molar-refractivity contribution in [3.05, 3.63) is 228 Å². The highest BCUT2D eigenvalue weighted by Crippen LogP contribution is 2.55. The summed E-state index contributed by atoms with van der Waals surface area (Å²) in [6, 6.07) is 72.0. The van der Waals surface area contributed by atoms with Crippen molar-refractivity contribution < 1.29 is 0 Å². The Bertz CT molecular complexity index is 3190. The highest BCUT2D eigenvalue weighted by molar-refractivity contribution is 5.98. The van der Waals surface area contributed by atoms with E-state index in [1.165, 1.54) is 94.6 Å². The quantitative estimate of drug-likeness (QED) is 0.165. The van der Waals surface area contributed by atoms with Crippen LogP contribution >= 0.6 is 0 Å². The van der Waals surface area contributed by atoms with Gasteiger partial charge in [0.25, 0.3) is 0 Å². The number of rotatable bonds is 6. The summed E-state index contributed by atoms with van der Waals surface area (Å²) in [5.41, 5.74) is 22.4. The highest BCUT2D eigenvalue weighted by atomic mass is 15.2. The van der Waals surface area contributed by atoms with Crippen molar-refractivity contribution >= 4 is 44.9 Å². The van der Waals surface area contributed by atoms with Gasteiger partial charge in [-0.05, 0) is 170 Å². The van der Waals surface area contributed by atoms with E-state index in [4.69, 9.17) is 0 Å². The van der Waals surface area contributed by atoms with Crippen LogP contribution in [0, 0.1) is 13.8 Å². The second kappa shape index (κ2) is 14.2. The van der Waals surface area contributed by atoms with Crippen LogP contribution in [0.2, 0.25) is 0 Å². The van der Waals surface area contributed by atoms with Crippen LogP contribution in [0.3, 0.4) is 0 Å². The minimum Gasteiger partial charge on any atom is -0.310 e. The molecule has 9 aromatic carbocycles. The molecule has 9 aromatic rings. The molecule has 0 fully saturated rings. The molecule has 0 bridgehead atoms. The number of fused-ring (bicyclic) bond motifs is 6. The minimum atomic E-state index is -0.205. The smallest absolute Gasteiger partial charge is 0.0505 e. The van der Waals surface area contributed by atoms with Gasteiger partial charge in [-0.3, -0.25) is 0 Å². The van der Waals surface area contributed by atoms with Crippen LogP contribution in [0.5, 0.6) is 0 Å². The molecule has 0 amide bonds. The number of hydrogen-bond donors (Lipinski definition) is 0. The molecule has 0 spiro atoms. The lowest BCUT2D eigenvalue weighted by Gasteiger charge is -2.42. The number of nitrogens with zero attached hydrogens (tertiary/aromatic N) is 2. The van der Waals surface area contributed by atoms with Crippen molar-refractivity contribution in [3.8, 4) is 33.4 Å². The van der Waals surface area contributed by atoms with Gasteiger partial charge >= 0.3 is 0 Å². The monoisotopic (exact) mass is 798 g/mol. The van der Waals surface area contributed by atoms with Gasteiger partial charge in [0.15, 0.2) is 0 Å². The minimum absolute atomic E-state index is 0.109. The van der Waals surface area contributed by atoms with Crippen molar-refractivity contribution in [2.75, 3.05) is 9.80 Å². The van der Waals surface area contributed by atoms with E-state index in [0.29, 0.717) is 0 Å². The Balaban J connectivity index is 0.971. The first kappa shape index (κ1) is 37.8. The van der Waals surface area contributed by atoms with Crippen molar-refractivity contribution in [3.63, 3.8) is 0 Å². The molecule has 62 heavy (non-hydrogen) atoms. The molecule has 1 aliphatic heterocycles. The average Bonchev–Trinajstić information content (AvgIpc) is 3.51. The van der Waals surface area contributed by atoms with E-state index in [2.05, 4.69) is 245 Å². The summed E-state index contributed by atoms with van der Waals surface area (Å²) in [6.45, 7) is 14.0. The Labute approximate surface area is 366 Å². The molecule has 0 saturated heterocycles. The van der Waals surface area contributed by atoms with Crippen LogP contribution in [-0.4, -0.2) is 0 Å². The molecule has 1 aliphatic carbocycles. The van der Waals surface area contributed by atoms with Gasteiger partial charge in [-0.1, -0.05) is 143 Å². The normalized spacial score (nSPS) is 14.2. The second-order valence-corrected chi connectivity index (χ2v) is 18.4. The maximum absolute atomic E-state index is 2.49. The molecule has 0 N–H and O–H groups in total. The third kappa shape index (κ3) is 6.00. The van der Waals surface area contributed by atoms with Crippen LogP contribution in [-0.2, 0) is 10.8 Å². The largest absolute Gasteiger partial charge is 0.310 e. The Morgan fingerprint density at radius 2 is 0.952 bits per heavy atom. The average molecular weight is 799 g/mol. The molecule has 0 aromatic heterocycles. The summed E-state index contributed by atoms with van der Waals surface area (Å²) in [6.07, 6.45) is 0. The van der Waals surface area contributed by atoms with Gasteiger partial charge in [-0.2, -0.15) is 0 Å². The zero-order valence-corrected chi connectivity index (χ0v) is 36.4. The zero-order chi connectivity index (χ0) is 42.3. The third-order valence-electron chi connectivity index (χ3n) is 13.9. The van der Waals surface area contributed by atoms with Crippen LogP contribution in [0.25, 0.3) is 44.2 Å². The van der Waals surface area contributed by atoms with Crippen molar-refractivity contribution in [2.24, 2.45) is 0 Å². The maximum Gasteiger partial charge on any atom is 0.0505 e. The number of aryl methyl sites for hydroxylation is 2. The lowest BCUT2D eigenvalue weighted by atomic mass is 9.72. The topological polar surface area (TPSA) is 6.48 Å². The molecule has 300 valence electrons. The van der Waals surface area contributed by atoms with Crippen LogP contribution in [0.1, 0.15) is 61.1 Å². The van der Waals surface area contributed by atoms with Gasteiger partial charge in [-0.15, -0.1) is 0 Å². The van der Waals surface area contributed by atoms with Crippen molar-refractivity contribution in [2.45, 2.75) is 52.4 Å². The molecule has 0 radical (unpaired) electrons. The Hall–Kier alpha value is -7.16. The zero-order valence-electron chi connectivity index (χ0n) is 36.4. The van der Waals surface area contributed by atoms with Gasteiger partial charge in [0.2, 0.25) is 0 Å². The molecular weight excluding hydrogens is 749 g/mol. The van der Waals surface area contributed by atoms with E-state index in [1.54, 1.807) is 0 Å². The predicted molar refractivity (Wildman–Crippen MR) is 263 cm³/mol. The molecule has 11 rings (SSSR count). The summed E-state index contributed by atoms with van der Waals surface area (Å²) in [5.74, 6) is 0. The number of benzene rings is 9. The summed E-state index contributed by atoms with van der Waals surface area (Å²) in [7, 11) is 0. The lowest BCUT2D eigenvalue weighted by Crippen LogP contribution is -2.30. The summed E-state index contributed by atoms with van der Waals surface area (Å²) in [4.78, 5) is 4.89. The van der Waals surface area contributed by atoms with Crippen molar-refractivity contribution in [1.82, 2.24) is 0 Å². The summed E-state index contributed by atoms with van der Waals surface area (Å²) < 4.78 is 0. The number of para-hydroxylation sites is 2. The first-order valence-corrected chi connectivity index (χ1v) is 21.9. The van der Waals surface area contributed by atoms with Gasteiger partial charge in [0.1, 0.15) is 0 Å². The van der Waals surface area contributed by atoms with Crippen LogP contribution < -0.4 is 9.80 Å². The van der Waals surface area contributed by atoms with Crippen LogP contribution in [0.4, 0.5) is 34.1 Å². The first-order valence-electron chi connectivity index (χ1n) is 21.9. The molecule has 2 heteroatoms. The lowest BCUT2D eigenvalue weighted by molar-refractivity contribution is 0.631. The van der Waals surface area contributed by atoms with Crippen molar-refractivity contribution in [1.29, 1.82) is 0 Å². The molecule has 0 atom stereocenters. The Morgan fingerprint density at radius 3 is 1.71 bits per heavy atom. The fourth-order valence-corrected chi connectivity index (χ4v) is 10.3. The highest BCUT2D eigenvalue weighted by Gasteiger charge is 2.39. The maximum atomic E-state index is 2.49. The van der Waals surface area contributed by atoms with Gasteiger partial charge < -0.3 is 9.80 Å². The van der Waals surface area contributed by atoms with E-state index in [-0.39, 0.29) is 10.8 Å². The first-order chi connectivity index (χ1) is 30.1. The van der Waals surface area contributed by atoms with Gasteiger partial charge in [0, 0.05) is 33.6 Å².